The lowest BCUT2D eigenvalue weighted by Crippen LogP contribution is -2.34. The third-order valence-electron chi connectivity index (χ3n) is 4.70. The lowest BCUT2D eigenvalue weighted by Gasteiger charge is -2.30. The van der Waals surface area contributed by atoms with Crippen molar-refractivity contribution in [2.75, 3.05) is 12.4 Å². The van der Waals surface area contributed by atoms with E-state index in [9.17, 15) is 0 Å². The summed E-state index contributed by atoms with van der Waals surface area (Å²) in [4.78, 5) is 4.11. The fourth-order valence-electron chi connectivity index (χ4n) is 3.36. The van der Waals surface area contributed by atoms with Crippen LogP contribution in [-0.4, -0.2) is 28.0 Å². The number of hydrogen-bond donors (Lipinski definition) is 1. The first kappa shape index (κ1) is 25.7. The molecule has 1 saturated heterocycles. The van der Waals surface area contributed by atoms with Gasteiger partial charge in [-0.15, -0.1) is 36.6 Å². The number of nitrogens with zero attached hydrogens (tertiary/aromatic N) is 2. The minimum Gasteiger partial charge on any atom is -0.397 e. The van der Waals surface area contributed by atoms with Crippen LogP contribution < -0.4 is 5.73 Å². The largest absolute Gasteiger partial charge is 0.397 e. The topological polar surface area (TPSA) is 62.3 Å². The Morgan fingerprint density at radius 2 is 2.07 bits per heavy atom. The number of thioether (sulfide) groups is 1. The maximum absolute atomic E-state index is 6.49. The van der Waals surface area contributed by atoms with Crippen LogP contribution in [0.1, 0.15) is 12.0 Å². The van der Waals surface area contributed by atoms with Crippen LogP contribution in [0.15, 0.2) is 58.6 Å². The van der Waals surface area contributed by atoms with Crippen molar-refractivity contribution in [2.45, 2.75) is 24.9 Å². The monoisotopic (exact) mass is 529 g/mol. The van der Waals surface area contributed by atoms with Crippen molar-refractivity contribution in [1.29, 1.82) is 0 Å². The van der Waals surface area contributed by atoms with Gasteiger partial charge in [-0.2, -0.15) is 0 Å². The first-order valence-electron chi connectivity index (χ1n) is 8.67. The van der Waals surface area contributed by atoms with Crippen molar-refractivity contribution in [3.8, 4) is 0 Å². The predicted octanol–water partition coefficient (Wildman–Crippen LogP) is 5.73. The fourth-order valence-corrected chi connectivity index (χ4v) is 4.94. The average Bonchev–Trinajstić information content (AvgIpc) is 3.30. The number of aromatic nitrogens is 2. The van der Waals surface area contributed by atoms with Gasteiger partial charge in [0.25, 0.3) is 0 Å². The van der Waals surface area contributed by atoms with Crippen LogP contribution in [0.25, 0.3) is 0 Å². The number of halogens is 5. The molecule has 3 heterocycles. The summed E-state index contributed by atoms with van der Waals surface area (Å²) >= 11 is 20.3. The summed E-state index contributed by atoms with van der Waals surface area (Å²) in [7, 11) is 0. The summed E-state index contributed by atoms with van der Waals surface area (Å²) in [6.45, 7) is 0.814. The molecule has 0 aliphatic carbocycles. The molecule has 1 aromatic heterocycles. The zero-order valence-electron chi connectivity index (χ0n) is 15.6. The fraction of sp³-hybridized carbons (Fsp3) is 0.316. The van der Waals surface area contributed by atoms with E-state index in [0.29, 0.717) is 39.7 Å². The highest BCUT2D eigenvalue weighted by atomic mass is 35.5. The lowest BCUT2D eigenvalue weighted by molar-refractivity contribution is -0.186. The molecular weight excluding hydrogens is 512 g/mol. The van der Waals surface area contributed by atoms with Gasteiger partial charge in [-0.3, -0.25) is 0 Å². The van der Waals surface area contributed by atoms with Crippen LogP contribution in [0.5, 0.6) is 0 Å². The molecular formula is C19H20Cl5N3O2S. The van der Waals surface area contributed by atoms with E-state index in [1.54, 1.807) is 24.7 Å². The second-order valence-electron chi connectivity index (χ2n) is 6.59. The summed E-state index contributed by atoms with van der Waals surface area (Å²) < 4.78 is 15.2. The van der Waals surface area contributed by atoms with Crippen molar-refractivity contribution < 1.29 is 9.47 Å². The minimum atomic E-state index is -1.04. The van der Waals surface area contributed by atoms with Gasteiger partial charge in [0.15, 0.2) is 0 Å². The molecule has 0 amide bonds. The van der Waals surface area contributed by atoms with Crippen LogP contribution in [0.3, 0.4) is 0 Å². The second-order valence-corrected chi connectivity index (χ2v) is 9.07. The number of hydrogen-bond acceptors (Lipinski definition) is 5. The molecule has 1 aromatic carbocycles. The van der Waals surface area contributed by atoms with E-state index in [1.165, 1.54) is 11.8 Å². The Morgan fingerprint density at radius 1 is 1.27 bits per heavy atom. The number of nitrogens with two attached hydrogens (primary N) is 1. The Bertz CT molecular complexity index is 938. The lowest BCUT2D eigenvalue weighted by atomic mass is 10.0. The summed E-state index contributed by atoms with van der Waals surface area (Å²) in [5.74, 6) is -0.245. The van der Waals surface area contributed by atoms with Gasteiger partial charge in [-0.1, -0.05) is 46.9 Å². The Morgan fingerprint density at radius 3 is 2.77 bits per heavy atom. The Balaban J connectivity index is 0.00000160. The van der Waals surface area contributed by atoms with Gasteiger partial charge in [-0.05, 0) is 17.7 Å². The summed E-state index contributed by atoms with van der Waals surface area (Å²) in [6.07, 6.45) is 7.79. The molecule has 164 valence electrons. The van der Waals surface area contributed by atoms with Gasteiger partial charge in [-0.25, -0.2) is 4.98 Å². The first-order chi connectivity index (χ1) is 13.5. The molecule has 0 saturated carbocycles. The highest BCUT2D eigenvalue weighted by molar-refractivity contribution is 8.04. The smallest absolute Gasteiger partial charge is 0.215 e. The molecule has 5 nitrogen and oxygen atoms in total. The van der Waals surface area contributed by atoms with E-state index >= 15 is 0 Å². The maximum atomic E-state index is 6.49. The summed E-state index contributed by atoms with van der Waals surface area (Å²) in [5, 5.41) is 1.04. The summed E-state index contributed by atoms with van der Waals surface area (Å²) in [5.41, 5.74) is 8.46. The molecule has 2 aliphatic heterocycles. The highest BCUT2D eigenvalue weighted by Crippen LogP contribution is 2.42. The Hall–Kier alpha value is -0.570. The Labute approximate surface area is 206 Å². The molecule has 0 bridgehead atoms. The Kier molecular flexibility index (Phi) is 9.28. The SMILES string of the molecule is Cl.Cl.NC1=C(Cl)SCC=C1C[C@@H]1CO[C@@](Cn2ccnc2)(c2ccc(Cl)cc2Cl)O1. The molecule has 2 atom stereocenters. The molecule has 1 fully saturated rings. The number of ether oxygens (including phenoxy) is 2. The van der Waals surface area contributed by atoms with E-state index in [1.807, 2.05) is 16.8 Å². The van der Waals surface area contributed by atoms with E-state index < -0.39 is 5.79 Å². The van der Waals surface area contributed by atoms with E-state index in [0.717, 1.165) is 16.9 Å². The molecule has 0 unspecified atom stereocenters. The van der Waals surface area contributed by atoms with Crippen LogP contribution in [0.4, 0.5) is 0 Å². The second kappa shape index (κ2) is 10.8. The van der Waals surface area contributed by atoms with Crippen molar-refractivity contribution in [3.05, 3.63) is 74.2 Å². The zero-order chi connectivity index (χ0) is 19.7. The van der Waals surface area contributed by atoms with Crippen LogP contribution >= 0.6 is 71.4 Å². The normalized spacial score (nSPS) is 23.6. The number of allylic oxidation sites excluding steroid dienone is 1. The van der Waals surface area contributed by atoms with E-state index in [-0.39, 0.29) is 30.9 Å². The van der Waals surface area contributed by atoms with Crippen molar-refractivity contribution >= 4 is 71.4 Å². The van der Waals surface area contributed by atoms with Crippen LogP contribution in [0, 0.1) is 0 Å². The number of imidazole rings is 1. The van der Waals surface area contributed by atoms with Gasteiger partial charge in [0.05, 0.1) is 40.7 Å². The zero-order valence-corrected chi connectivity index (χ0v) is 20.3. The molecule has 11 heteroatoms. The van der Waals surface area contributed by atoms with Crippen molar-refractivity contribution in [1.82, 2.24) is 9.55 Å². The summed E-state index contributed by atoms with van der Waals surface area (Å²) in [6, 6.07) is 5.31. The maximum Gasteiger partial charge on any atom is 0.215 e. The van der Waals surface area contributed by atoms with Crippen LogP contribution in [-0.2, 0) is 21.8 Å². The van der Waals surface area contributed by atoms with Gasteiger partial charge in [0, 0.05) is 35.2 Å². The third-order valence-corrected chi connectivity index (χ3v) is 6.58. The van der Waals surface area contributed by atoms with Gasteiger partial charge in [0.1, 0.15) is 0 Å². The van der Waals surface area contributed by atoms with E-state index in [4.69, 9.17) is 50.0 Å². The van der Waals surface area contributed by atoms with Gasteiger partial charge >= 0.3 is 0 Å². The third kappa shape index (κ3) is 5.43. The molecule has 2 aromatic rings. The average molecular weight is 532 g/mol. The number of benzene rings is 1. The van der Waals surface area contributed by atoms with Crippen LogP contribution in [0.2, 0.25) is 10.0 Å². The molecule has 2 N–H and O–H groups in total. The quantitative estimate of drug-likeness (QED) is 0.534. The molecule has 2 aliphatic rings. The number of rotatable bonds is 5. The van der Waals surface area contributed by atoms with Crippen molar-refractivity contribution in [2.24, 2.45) is 5.73 Å². The standard InChI is InChI=1S/C19H18Cl3N3O2S.2ClH/c20-13-1-2-15(16(21)8-13)19(10-25-5-4-24-11-25)26-9-14(27-19)7-12-3-6-28-18(22)17(12)23;;/h1-5,8,11,14H,6-7,9-10,23H2;2*1H/t14-,19-;;/m1../s1. The first-order valence-corrected chi connectivity index (χ1v) is 10.8. The molecule has 30 heavy (non-hydrogen) atoms. The predicted molar refractivity (Wildman–Crippen MR) is 128 cm³/mol. The van der Waals surface area contributed by atoms with Gasteiger partial charge in [0.2, 0.25) is 5.79 Å². The molecule has 0 radical (unpaired) electrons. The van der Waals surface area contributed by atoms with Gasteiger partial charge < -0.3 is 19.8 Å². The van der Waals surface area contributed by atoms with Crippen molar-refractivity contribution in [3.63, 3.8) is 0 Å². The minimum absolute atomic E-state index is 0. The highest BCUT2D eigenvalue weighted by Gasteiger charge is 2.45. The molecule has 4 rings (SSSR count). The molecule has 0 spiro atoms. The van der Waals surface area contributed by atoms with E-state index in [2.05, 4.69) is 11.1 Å².